The molecule has 0 bridgehead atoms. The first kappa shape index (κ1) is 20.5. The number of piperidine rings is 1. The van der Waals surface area contributed by atoms with Gasteiger partial charge >= 0.3 is 0 Å². The summed E-state index contributed by atoms with van der Waals surface area (Å²) in [7, 11) is 3.18. The van der Waals surface area contributed by atoms with Gasteiger partial charge in [0.25, 0.3) is 5.91 Å². The minimum absolute atomic E-state index is 0.164. The lowest BCUT2D eigenvalue weighted by molar-refractivity contribution is -0.123. The quantitative estimate of drug-likeness (QED) is 0.547. The summed E-state index contributed by atoms with van der Waals surface area (Å²) in [6.07, 6.45) is 5.29. The van der Waals surface area contributed by atoms with Gasteiger partial charge in [-0.1, -0.05) is 12.1 Å². The molecular formula is C22H27N3O4. The number of hydrogen-bond acceptors (Lipinski definition) is 6. The topological polar surface area (TPSA) is 72.4 Å². The summed E-state index contributed by atoms with van der Waals surface area (Å²) in [6, 6.07) is 13.2. The summed E-state index contributed by atoms with van der Waals surface area (Å²) in [5, 5.41) is 4.02. The van der Waals surface area contributed by atoms with Crippen LogP contribution in [0.1, 0.15) is 24.8 Å². The molecule has 1 aliphatic rings. The maximum absolute atomic E-state index is 12.0. The van der Waals surface area contributed by atoms with Crippen LogP contribution in [0.5, 0.6) is 17.2 Å². The van der Waals surface area contributed by atoms with Gasteiger partial charge in [0, 0.05) is 30.4 Å². The number of nitrogens with one attached hydrogen (secondary N) is 1. The van der Waals surface area contributed by atoms with E-state index in [0.29, 0.717) is 11.5 Å². The predicted octanol–water partition coefficient (Wildman–Crippen LogP) is 3.22. The van der Waals surface area contributed by atoms with Gasteiger partial charge in [-0.25, -0.2) is 5.43 Å². The Balaban J connectivity index is 1.55. The van der Waals surface area contributed by atoms with Crippen molar-refractivity contribution < 1.29 is 19.0 Å². The Hall–Kier alpha value is -3.22. The number of hydrazone groups is 1. The molecule has 1 amide bonds. The van der Waals surface area contributed by atoms with Crippen LogP contribution in [0, 0.1) is 0 Å². The molecule has 0 unspecified atom stereocenters. The molecule has 7 nitrogen and oxygen atoms in total. The largest absolute Gasteiger partial charge is 0.496 e. The van der Waals surface area contributed by atoms with Gasteiger partial charge in [0.15, 0.2) is 18.1 Å². The zero-order valence-electron chi connectivity index (χ0n) is 16.9. The van der Waals surface area contributed by atoms with E-state index in [4.69, 9.17) is 14.2 Å². The van der Waals surface area contributed by atoms with Gasteiger partial charge in [-0.2, -0.15) is 5.10 Å². The number of nitrogens with zero attached hydrogens (tertiary/aromatic N) is 2. The average Bonchev–Trinajstić information content (AvgIpc) is 2.78. The molecule has 1 heterocycles. The first-order chi connectivity index (χ1) is 14.2. The normalized spacial score (nSPS) is 13.9. The van der Waals surface area contributed by atoms with Crippen LogP contribution in [0.25, 0.3) is 0 Å². The van der Waals surface area contributed by atoms with Crippen LogP contribution < -0.4 is 24.5 Å². The summed E-state index contributed by atoms with van der Waals surface area (Å²) in [6.45, 7) is 1.97. The molecule has 0 aliphatic carbocycles. The number of para-hydroxylation sites is 2. The zero-order valence-corrected chi connectivity index (χ0v) is 16.9. The molecule has 0 atom stereocenters. The molecule has 7 heteroatoms. The maximum atomic E-state index is 12.0. The SMILES string of the molecule is COc1cc(N2CCCCC2)ccc1/C=N/NC(=O)COc1ccccc1OC. The Labute approximate surface area is 171 Å². The molecular weight excluding hydrogens is 370 g/mol. The number of ether oxygens (including phenoxy) is 3. The van der Waals surface area contributed by atoms with Crippen molar-refractivity contribution >= 4 is 17.8 Å². The number of rotatable bonds is 8. The fourth-order valence-electron chi connectivity index (χ4n) is 3.24. The second-order valence-corrected chi connectivity index (χ2v) is 6.71. The predicted molar refractivity (Wildman–Crippen MR) is 113 cm³/mol. The van der Waals surface area contributed by atoms with Crippen LogP contribution in [0.4, 0.5) is 5.69 Å². The van der Waals surface area contributed by atoms with Crippen molar-refractivity contribution in [2.45, 2.75) is 19.3 Å². The fourth-order valence-corrected chi connectivity index (χ4v) is 3.24. The number of hydrogen-bond donors (Lipinski definition) is 1. The summed E-state index contributed by atoms with van der Waals surface area (Å²) < 4.78 is 16.2. The minimum Gasteiger partial charge on any atom is -0.496 e. The number of carbonyl (C=O) groups is 1. The van der Waals surface area contributed by atoms with Crippen molar-refractivity contribution in [3.05, 3.63) is 48.0 Å². The summed E-state index contributed by atoms with van der Waals surface area (Å²) >= 11 is 0. The molecule has 29 heavy (non-hydrogen) atoms. The first-order valence-corrected chi connectivity index (χ1v) is 9.72. The van der Waals surface area contributed by atoms with E-state index in [9.17, 15) is 4.79 Å². The molecule has 0 radical (unpaired) electrons. The van der Waals surface area contributed by atoms with Crippen LogP contribution in [0.15, 0.2) is 47.6 Å². The number of methoxy groups -OCH3 is 2. The Bertz CT molecular complexity index is 848. The van der Waals surface area contributed by atoms with Crippen molar-refractivity contribution in [3.63, 3.8) is 0 Å². The van der Waals surface area contributed by atoms with Crippen LogP contribution in [0.3, 0.4) is 0 Å². The third kappa shape index (κ3) is 5.63. The van der Waals surface area contributed by atoms with Crippen molar-refractivity contribution in [2.24, 2.45) is 5.10 Å². The zero-order chi connectivity index (χ0) is 20.5. The highest BCUT2D eigenvalue weighted by Gasteiger charge is 2.13. The number of anilines is 1. The first-order valence-electron chi connectivity index (χ1n) is 9.72. The van der Waals surface area contributed by atoms with Gasteiger partial charge in [-0.05, 0) is 43.5 Å². The minimum atomic E-state index is -0.365. The highest BCUT2D eigenvalue weighted by atomic mass is 16.5. The smallest absolute Gasteiger partial charge is 0.277 e. The molecule has 0 aromatic heterocycles. The van der Waals surface area contributed by atoms with E-state index in [2.05, 4.69) is 21.5 Å². The molecule has 2 aromatic rings. The van der Waals surface area contributed by atoms with Crippen molar-refractivity contribution in [1.29, 1.82) is 0 Å². The lowest BCUT2D eigenvalue weighted by atomic mass is 10.1. The summed E-state index contributed by atoms with van der Waals surface area (Å²) in [4.78, 5) is 14.4. The van der Waals surface area contributed by atoms with Crippen molar-refractivity contribution in [2.75, 3.05) is 38.8 Å². The van der Waals surface area contributed by atoms with E-state index in [1.807, 2.05) is 24.3 Å². The monoisotopic (exact) mass is 397 g/mol. The Morgan fingerprint density at radius 2 is 1.76 bits per heavy atom. The molecule has 1 N–H and O–H groups in total. The van der Waals surface area contributed by atoms with Crippen molar-refractivity contribution in [3.8, 4) is 17.2 Å². The van der Waals surface area contributed by atoms with Crippen molar-refractivity contribution in [1.82, 2.24) is 5.43 Å². The molecule has 0 saturated carbocycles. The number of carbonyl (C=O) groups excluding carboxylic acids is 1. The Morgan fingerprint density at radius 3 is 2.48 bits per heavy atom. The molecule has 154 valence electrons. The van der Waals surface area contributed by atoms with E-state index >= 15 is 0 Å². The second-order valence-electron chi connectivity index (χ2n) is 6.71. The molecule has 2 aromatic carbocycles. The van der Waals surface area contributed by atoms with Crippen LogP contribution in [0.2, 0.25) is 0 Å². The second kappa shape index (κ2) is 10.4. The van der Waals surface area contributed by atoms with Gasteiger partial charge in [-0.3, -0.25) is 4.79 Å². The molecule has 1 saturated heterocycles. The lowest BCUT2D eigenvalue weighted by Gasteiger charge is -2.29. The van der Waals surface area contributed by atoms with Gasteiger partial charge in [0.2, 0.25) is 0 Å². The van der Waals surface area contributed by atoms with E-state index in [0.717, 1.165) is 30.1 Å². The Kier molecular flexibility index (Phi) is 7.33. The summed E-state index contributed by atoms with van der Waals surface area (Å²) in [5.74, 6) is 1.43. The fraction of sp³-hybridized carbons (Fsp3) is 0.364. The number of benzene rings is 2. The molecule has 3 rings (SSSR count). The van der Waals surface area contributed by atoms with Gasteiger partial charge in [0.1, 0.15) is 5.75 Å². The highest BCUT2D eigenvalue weighted by Crippen LogP contribution is 2.27. The summed E-state index contributed by atoms with van der Waals surface area (Å²) in [5.41, 5.74) is 4.40. The van der Waals surface area contributed by atoms with Gasteiger partial charge in [-0.15, -0.1) is 0 Å². The Morgan fingerprint density at radius 1 is 1.03 bits per heavy atom. The third-order valence-electron chi connectivity index (χ3n) is 4.76. The molecule has 0 spiro atoms. The lowest BCUT2D eigenvalue weighted by Crippen LogP contribution is -2.29. The molecule has 1 fully saturated rings. The van der Waals surface area contributed by atoms with Crippen LogP contribution >= 0.6 is 0 Å². The maximum Gasteiger partial charge on any atom is 0.277 e. The van der Waals surface area contributed by atoms with E-state index in [-0.39, 0.29) is 12.5 Å². The highest BCUT2D eigenvalue weighted by molar-refractivity contribution is 5.86. The third-order valence-corrected chi connectivity index (χ3v) is 4.76. The standard InChI is InChI=1S/C22H27N3O4/c1-27-19-8-4-5-9-20(19)29-16-22(26)24-23-15-17-10-11-18(14-21(17)28-2)25-12-6-3-7-13-25/h4-5,8-11,14-15H,3,6-7,12-13,16H2,1-2H3,(H,24,26)/b23-15+. The van der Waals surface area contributed by atoms with Crippen LogP contribution in [-0.4, -0.2) is 46.0 Å². The van der Waals surface area contributed by atoms with Gasteiger partial charge in [0.05, 0.1) is 20.4 Å². The average molecular weight is 397 g/mol. The number of amides is 1. The van der Waals surface area contributed by atoms with Crippen LogP contribution in [-0.2, 0) is 4.79 Å². The van der Waals surface area contributed by atoms with E-state index in [1.165, 1.54) is 19.3 Å². The molecule has 1 aliphatic heterocycles. The van der Waals surface area contributed by atoms with E-state index in [1.54, 1.807) is 32.6 Å². The van der Waals surface area contributed by atoms with Gasteiger partial charge < -0.3 is 19.1 Å². The van der Waals surface area contributed by atoms with E-state index < -0.39 is 0 Å².